The maximum absolute atomic E-state index is 12.9. The Bertz CT molecular complexity index is 1220. The zero-order valence-electron chi connectivity index (χ0n) is 16.1. The van der Waals surface area contributed by atoms with Crippen molar-refractivity contribution in [3.8, 4) is 0 Å². The van der Waals surface area contributed by atoms with Gasteiger partial charge in [0.25, 0.3) is 0 Å². The molecule has 0 aliphatic carbocycles. The van der Waals surface area contributed by atoms with Crippen molar-refractivity contribution in [1.29, 1.82) is 0 Å². The van der Waals surface area contributed by atoms with E-state index >= 15 is 0 Å². The summed E-state index contributed by atoms with van der Waals surface area (Å²) in [5.74, 6) is -0.909. The number of Topliss-reactive ketones (excluding diaryl/α,β-unsaturated/α-hetero) is 1. The molecule has 8 heteroatoms. The van der Waals surface area contributed by atoms with Gasteiger partial charge in [0.05, 0.1) is 17.0 Å². The Morgan fingerprint density at radius 2 is 1.72 bits per heavy atom. The first kappa shape index (κ1) is 19.6. The van der Waals surface area contributed by atoms with Crippen LogP contribution in [0.4, 0.5) is 0 Å². The van der Waals surface area contributed by atoms with E-state index in [2.05, 4.69) is 0 Å². The highest BCUT2D eigenvalue weighted by Crippen LogP contribution is 2.24. The summed E-state index contributed by atoms with van der Waals surface area (Å²) in [7, 11) is -3.63. The van der Waals surface area contributed by atoms with Crippen molar-refractivity contribution in [2.24, 2.45) is 0 Å². The Morgan fingerprint density at radius 1 is 1.03 bits per heavy atom. The van der Waals surface area contributed by atoms with E-state index in [9.17, 15) is 18.0 Å². The second-order valence-corrected chi connectivity index (χ2v) is 9.28. The molecule has 0 atom stereocenters. The van der Waals surface area contributed by atoms with Crippen LogP contribution < -0.4 is 5.76 Å². The van der Waals surface area contributed by atoms with Crippen LogP contribution in [0.1, 0.15) is 35.2 Å². The molecule has 1 aromatic heterocycles. The van der Waals surface area contributed by atoms with Crippen LogP contribution in [-0.4, -0.2) is 36.2 Å². The fraction of sp³-hybridized carbons (Fsp3) is 0.333. The minimum Gasteiger partial charge on any atom is -0.408 e. The third-order valence-corrected chi connectivity index (χ3v) is 7.16. The van der Waals surface area contributed by atoms with Gasteiger partial charge in [-0.05, 0) is 31.9 Å². The fourth-order valence-corrected chi connectivity index (χ4v) is 5.12. The molecule has 1 aliphatic heterocycles. The lowest BCUT2D eigenvalue weighted by Gasteiger charge is -2.25. The number of fused-ring (bicyclic) bond motifs is 1. The molecule has 1 fully saturated rings. The van der Waals surface area contributed by atoms with E-state index in [0.29, 0.717) is 24.2 Å². The summed E-state index contributed by atoms with van der Waals surface area (Å²) in [5, 5.41) is 0. The molecule has 1 aliphatic rings. The number of piperidine rings is 1. The average molecular weight is 414 g/mol. The average Bonchev–Trinajstić information content (AvgIpc) is 3.03. The summed E-state index contributed by atoms with van der Waals surface area (Å²) in [6, 6.07) is 11.5. The smallest absolute Gasteiger partial charge is 0.408 e. The molecule has 4 rings (SSSR count). The summed E-state index contributed by atoms with van der Waals surface area (Å²) in [6.07, 6.45) is 2.71. The van der Waals surface area contributed by atoms with Crippen molar-refractivity contribution in [2.75, 3.05) is 13.1 Å². The number of hydrogen-bond donors (Lipinski definition) is 0. The lowest BCUT2D eigenvalue weighted by atomic mass is 10.1. The van der Waals surface area contributed by atoms with Gasteiger partial charge < -0.3 is 4.42 Å². The molecule has 7 nitrogen and oxygen atoms in total. The molecule has 3 aromatic rings. The molecule has 0 amide bonds. The molecular formula is C21H22N2O5S. The third-order valence-electron chi connectivity index (χ3n) is 5.27. The maximum Gasteiger partial charge on any atom is 0.420 e. The standard InChI is InChI=1S/C21H22N2O5S/c1-15-5-7-16(8-6-15)19(24)14-23-18-10-9-17(13-20(18)28-21(23)25)29(26,27)22-11-3-2-4-12-22/h5-10,13H,2-4,11-12,14H2,1H3. The van der Waals surface area contributed by atoms with Gasteiger partial charge in [-0.25, -0.2) is 13.2 Å². The number of nitrogens with zero attached hydrogens (tertiary/aromatic N) is 2. The summed E-state index contributed by atoms with van der Waals surface area (Å²) in [4.78, 5) is 24.9. The molecule has 2 aromatic carbocycles. The van der Waals surface area contributed by atoms with E-state index in [1.807, 2.05) is 19.1 Å². The number of aromatic nitrogens is 1. The second-order valence-electron chi connectivity index (χ2n) is 7.34. The van der Waals surface area contributed by atoms with E-state index in [-0.39, 0.29) is 22.8 Å². The number of ketones is 1. The molecular weight excluding hydrogens is 392 g/mol. The summed E-state index contributed by atoms with van der Waals surface area (Å²) < 4.78 is 33.7. The van der Waals surface area contributed by atoms with Crippen LogP contribution in [0.25, 0.3) is 11.1 Å². The fourth-order valence-electron chi connectivity index (χ4n) is 3.59. The largest absolute Gasteiger partial charge is 0.420 e. The normalized spacial score (nSPS) is 15.6. The van der Waals surface area contributed by atoms with Gasteiger partial charge in [0.1, 0.15) is 0 Å². The van der Waals surface area contributed by atoms with Crippen molar-refractivity contribution in [2.45, 2.75) is 37.6 Å². The predicted octanol–water partition coefficient (Wildman–Crippen LogP) is 2.96. The molecule has 0 bridgehead atoms. The van der Waals surface area contributed by atoms with Gasteiger partial charge in [-0.1, -0.05) is 36.2 Å². The molecule has 152 valence electrons. The van der Waals surface area contributed by atoms with Crippen molar-refractivity contribution in [3.63, 3.8) is 0 Å². The number of aryl methyl sites for hydroxylation is 1. The SMILES string of the molecule is Cc1ccc(C(=O)Cn2c(=O)oc3cc(S(=O)(=O)N4CCCCC4)ccc32)cc1. The zero-order valence-corrected chi connectivity index (χ0v) is 16.9. The lowest BCUT2D eigenvalue weighted by Crippen LogP contribution is -2.35. The highest BCUT2D eigenvalue weighted by atomic mass is 32.2. The van der Waals surface area contributed by atoms with E-state index in [0.717, 1.165) is 24.8 Å². The van der Waals surface area contributed by atoms with Crippen LogP contribution in [0.5, 0.6) is 0 Å². The summed E-state index contributed by atoms with van der Waals surface area (Å²) in [5.41, 5.74) is 2.09. The zero-order chi connectivity index (χ0) is 20.6. The van der Waals surface area contributed by atoms with E-state index < -0.39 is 15.8 Å². The van der Waals surface area contributed by atoms with Gasteiger partial charge >= 0.3 is 5.76 Å². The molecule has 0 unspecified atom stereocenters. The minimum atomic E-state index is -3.63. The van der Waals surface area contributed by atoms with Gasteiger partial charge in [0, 0.05) is 24.7 Å². The topological polar surface area (TPSA) is 89.6 Å². The van der Waals surface area contributed by atoms with Gasteiger partial charge in [-0.2, -0.15) is 4.31 Å². The summed E-state index contributed by atoms with van der Waals surface area (Å²) in [6.45, 7) is 2.75. The Hall–Kier alpha value is -2.71. The molecule has 2 heterocycles. The number of benzene rings is 2. The quantitative estimate of drug-likeness (QED) is 0.599. The van der Waals surface area contributed by atoms with Crippen LogP contribution in [0.3, 0.4) is 0 Å². The van der Waals surface area contributed by atoms with Crippen LogP contribution in [0, 0.1) is 6.92 Å². The number of rotatable bonds is 5. The van der Waals surface area contributed by atoms with E-state index in [1.54, 1.807) is 12.1 Å². The minimum absolute atomic E-state index is 0.0951. The third kappa shape index (κ3) is 3.77. The second kappa shape index (κ2) is 7.61. The maximum atomic E-state index is 12.9. The first-order valence-electron chi connectivity index (χ1n) is 9.60. The van der Waals surface area contributed by atoms with Crippen LogP contribution in [0.15, 0.2) is 56.6 Å². The van der Waals surface area contributed by atoms with Crippen LogP contribution in [-0.2, 0) is 16.6 Å². The highest BCUT2D eigenvalue weighted by molar-refractivity contribution is 7.89. The number of hydrogen-bond acceptors (Lipinski definition) is 5. The first-order valence-corrected chi connectivity index (χ1v) is 11.0. The first-order chi connectivity index (χ1) is 13.9. The molecule has 29 heavy (non-hydrogen) atoms. The van der Waals surface area contributed by atoms with Gasteiger partial charge in [0.2, 0.25) is 10.0 Å². The molecule has 1 saturated heterocycles. The van der Waals surface area contributed by atoms with E-state index in [1.165, 1.54) is 27.1 Å². The van der Waals surface area contributed by atoms with Crippen molar-refractivity contribution in [3.05, 3.63) is 64.1 Å². The number of carbonyl (C=O) groups is 1. The molecule has 0 saturated carbocycles. The van der Waals surface area contributed by atoms with Gasteiger partial charge in [0.15, 0.2) is 11.4 Å². The predicted molar refractivity (Wildman–Crippen MR) is 109 cm³/mol. The van der Waals surface area contributed by atoms with Crippen molar-refractivity contribution >= 4 is 26.9 Å². The van der Waals surface area contributed by atoms with E-state index in [4.69, 9.17) is 4.42 Å². The van der Waals surface area contributed by atoms with Gasteiger partial charge in [-0.15, -0.1) is 0 Å². The molecule has 0 spiro atoms. The Morgan fingerprint density at radius 3 is 2.41 bits per heavy atom. The van der Waals surface area contributed by atoms with Gasteiger partial charge in [-0.3, -0.25) is 9.36 Å². The number of sulfonamides is 1. The lowest BCUT2D eigenvalue weighted by molar-refractivity contribution is 0.0970. The molecule has 0 N–H and O–H groups in total. The number of carbonyl (C=O) groups excluding carboxylic acids is 1. The van der Waals surface area contributed by atoms with Crippen LogP contribution >= 0.6 is 0 Å². The molecule has 0 radical (unpaired) electrons. The summed E-state index contributed by atoms with van der Waals surface area (Å²) >= 11 is 0. The highest BCUT2D eigenvalue weighted by Gasteiger charge is 2.27. The monoisotopic (exact) mass is 414 g/mol. The Kier molecular flexibility index (Phi) is 5.14. The van der Waals surface area contributed by atoms with Crippen LogP contribution in [0.2, 0.25) is 0 Å². The van der Waals surface area contributed by atoms with Crippen molar-refractivity contribution in [1.82, 2.24) is 8.87 Å². The Labute approximate surface area is 168 Å². The van der Waals surface area contributed by atoms with Crippen molar-refractivity contribution < 1.29 is 17.6 Å². The Balaban J connectivity index is 1.65. The number of oxazole rings is 1.